The van der Waals surface area contributed by atoms with Crippen molar-refractivity contribution in [3.63, 3.8) is 0 Å². The van der Waals surface area contributed by atoms with Crippen molar-refractivity contribution < 1.29 is 28.7 Å². The zero-order chi connectivity index (χ0) is 26.6. The number of esters is 1. The van der Waals surface area contributed by atoms with Gasteiger partial charge in [-0.25, -0.2) is 4.79 Å². The monoisotopic (exact) mass is 497 g/mol. The van der Waals surface area contributed by atoms with Gasteiger partial charge in [-0.15, -0.1) is 0 Å². The van der Waals surface area contributed by atoms with E-state index >= 15 is 0 Å². The fourth-order valence-electron chi connectivity index (χ4n) is 4.26. The first-order chi connectivity index (χ1) is 16.5. The minimum absolute atomic E-state index is 0.142. The van der Waals surface area contributed by atoms with Gasteiger partial charge in [-0.3, -0.25) is 19.2 Å². The number of hydrogen-bond acceptors (Lipinski definition) is 7. The molecule has 1 aliphatic rings. The second-order valence-corrected chi connectivity index (χ2v) is 9.73. The molecule has 0 aromatic heterocycles. The van der Waals surface area contributed by atoms with Gasteiger partial charge in [0.05, 0.1) is 7.11 Å². The van der Waals surface area contributed by atoms with Gasteiger partial charge < -0.3 is 31.7 Å². The molecular weight excluding hydrogens is 454 g/mol. The lowest BCUT2D eigenvalue weighted by molar-refractivity contribution is -0.151. The molecular formula is C24H43N5O6. The van der Waals surface area contributed by atoms with Crippen LogP contribution in [0.4, 0.5) is 0 Å². The van der Waals surface area contributed by atoms with Crippen molar-refractivity contribution >= 4 is 29.6 Å². The van der Waals surface area contributed by atoms with Crippen LogP contribution in [0.15, 0.2) is 0 Å². The maximum absolute atomic E-state index is 13.0. The number of nitrogens with one attached hydrogen (secondary N) is 4. The zero-order valence-electron chi connectivity index (χ0n) is 21.7. The van der Waals surface area contributed by atoms with E-state index in [9.17, 15) is 24.0 Å². The Kier molecular flexibility index (Phi) is 12.7. The van der Waals surface area contributed by atoms with E-state index in [4.69, 9.17) is 10.5 Å². The molecule has 3 atom stereocenters. The molecule has 0 saturated heterocycles. The summed E-state index contributed by atoms with van der Waals surface area (Å²) in [5, 5.41) is 10.8. The maximum Gasteiger partial charge on any atom is 0.331 e. The molecule has 6 N–H and O–H groups in total. The summed E-state index contributed by atoms with van der Waals surface area (Å²) < 4.78 is 4.88. The summed E-state index contributed by atoms with van der Waals surface area (Å²) in [6, 6.07) is -2.63. The SMILES string of the molecule is COC(=O)C1(NC(=O)[C@H](C)NC(=O)[C@@H](CCCCN)NC(=O)[C@@H](CC(C)C)NC(C)=O)CCCC1. The van der Waals surface area contributed by atoms with E-state index in [1.54, 1.807) is 0 Å². The molecule has 0 aromatic rings. The smallest absolute Gasteiger partial charge is 0.331 e. The Morgan fingerprint density at radius 3 is 2.00 bits per heavy atom. The van der Waals surface area contributed by atoms with E-state index in [0.29, 0.717) is 45.1 Å². The molecule has 0 heterocycles. The Balaban J connectivity index is 2.89. The molecule has 1 rings (SSSR count). The summed E-state index contributed by atoms with van der Waals surface area (Å²) in [6.07, 6.45) is 4.53. The van der Waals surface area contributed by atoms with Gasteiger partial charge in [-0.05, 0) is 57.9 Å². The predicted molar refractivity (Wildman–Crippen MR) is 131 cm³/mol. The number of methoxy groups -OCH3 is 1. The highest BCUT2D eigenvalue weighted by Crippen LogP contribution is 2.30. The first-order valence-electron chi connectivity index (χ1n) is 12.4. The van der Waals surface area contributed by atoms with Crippen molar-refractivity contribution in [3.8, 4) is 0 Å². The summed E-state index contributed by atoms with van der Waals surface area (Å²) in [4.78, 5) is 62.6. The third-order valence-corrected chi connectivity index (χ3v) is 6.13. The first kappa shape index (κ1) is 30.3. The molecule has 0 unspecified atom stereocenters. The van der Waals surface area contributed by atoms with Gasteiger partial charge in [0.1, 0.15) is 23.7 Å². The standard InChI is InChI=1S/C24H43N5O6/c1-15(2)14-19(27-17(4)30)22(33)28-18(10-6-9-13-25)21(32)26-16(3)20(31)29-24(23(34)35-5)11-7-8-12-24/h15-16,18-19H,6-14,25H2,1-5H3,(H,26,32)(H,27,30)(H,28,33)(H,29,31)/t16-,18+,19+/m0/s1. The number of carbonyl (C=O) groups is 5. The third kappa shape index (κ3) is 9.83. The number of amides is 4. The molecule has 0 bridgehead atoms. The summed E-state index contributed by atoms with van der Waals surface area (Å²) in [7, 11) is 1.28. The Morgan fingerprint density at radius 2 is 1.49 bits per heavy atom. The first-order valence-corrected chi connectivity index (χ1v) is 12.4. The molecule has 11 nitrogen and oxygen atoms in total. The van der Waals surface area contributed by atoms with Crippen LogP contribution in [0.5, 0.6) is 0 Å². The second kappa shape index (κ2) is 14.7. The van der Waals surface area contributed by atoms with Crippen LogP contribution in [-0.2, 0) is 28.7 Å². The number of rotatable bonds is 14. The molecule has 35 heavy (non-hydrogen) atoms. The van der Waals surface area contributed by atoms with Crippen molar-refractivity contribution in [2.24, 2.45) is 11.7 Å². The fraction of sp³-hybridized carbons (Fsp3) is 0.792. The lowest BCUT2D eigenvalue weighted by atomic mass is 9.97. The third-order valence-electron chi connectivity index (χ3n) is 6.13. The van der Waals surface area contributed by atoms with Crippen molar-refractivity contribution in [1.82, 2.24) is 21.3 Å². The molecule has 1 aliphatic carbocycles. The number of ether oxygens (including phenoxy) is 1. The second-order valence-electron chi connectivity index (χ2n) is 9.73. The number of carbonyl (C=O) groups excluding carboxylic acids is 5. The summed E-state index contributed by atoms with van der Waals surface area (Å²) in [5.74, 6) is -2.19. The van der Waals surface area contributed by atoms with E-state index < -0.39 is 47.4 Å². The molecule has 1 fully saturated rings. The summed E-state index contributed by atoms with van der Waals surface area (Å²) >= 11 is 0. The van der Waals surface area contributed by atoms with E-state index in [0.717, 1.165) is 12.8 Å². The zero-order valence-corrected chi connectivity index (χ0v) is 21.7. The highest BCUT2D eigenvalue weighted by atomic mass is 16.5. The molecule has 0 aliphatic heterocycles. The van der Waals surface area contributed by atoms with Crippen LogP contribution in [0, 0.1) is 5.92 Å². The molecule has 11 heteroatoms. The van der Waals surface area contributed by atoms with Crippen molar-refractivity contribution in [3.05, 3.63) is 0 Å². The van der Waals surface area contributed by atoms with Crippen molar-refractivity contribution in [1.29, 1.82) is 0 Å². The van der Waals surface area contributed by atoms with Crippen LogP contribution in [0.2, 0.25) is 0 Å². The fourth-order valence-corrected chi connectivity index (χ4v) is 4.26. The lowest BCUT2D eigenvalue weighted by Crippen LogP contribution is -2.60. The van der Waals surface area contributed by atoms with Gasteiger partial charge in [-0.2, -0.15) is 0 Å². The van der Waals surface area contributed by atoms with Crippen LogP contribution in [0.3, 0.4) is 0 Å². The molecule has 1 saturated carbocycles. The molecule has 0 aromatic carbocycles. The predicted octanol–water partition coefficient (Wildman–Crippen LogP) is 0.258. The van der Waals surface area contributed by atoms with Crippen LogP contribution >= 0.6 is 0 Å². The topological polar surface area (TPSA) is 169 Å². The maximum atomic E-state index is 13.0. The minimum Gasteiger partial charge on any atom is -0.467 e. The largest absolute Gasteiger partial charge is 0.467 e. The summed E-state index contributed by atoms with van der Waals surface area (Å²) in [6.45, 7) is 7.15. The van der Waals surface area contributed by atoms with Crippen LogP contribution in [0.1, 0.15) is 79.1 Å². The number of unbranched alkanes of at least 4 members (excludes halogenated alkanes) is 1. The molecule has 0 spiro atoms. The van der Waals surface area contributed by atoms with E-state index in [1.165, 1.54) is 21.0 Å². The average Bonchev–Trinajstić information content (AvgIpc) is 3.26. The van der Waals surface area contributed by atoms with E-state index in [1.807, 2.05) is 13.8 Å². The Labute approximate surface area is 208 Å². The minimum atomic E-state index is -1.08. The van der Waals surface area contributed by atoms with Crippen molar-refractivity contribution in [2.45, 2.75) is 103 Å². The van der Waals surface area contributed by atoms with Gasteiger partial charge in [0.2, 0.25) is 23.6 Å². The van der Waals surface area contributed by atoms with Gasteiger partial charge in [0.15, 0.2) is 0 Å². The van der Waals surface area contributed by atoms with Gasteiger partial charge in [0, 0.05) is 6.92 Å². The molecule has 0 radical (unpaired) electrons. The number of nitrogens with two attached hydrogens (primary N) is 1. The Morgan fingerprint density at radius 1 is 0.886 bits per heavy atom. The molecule has 4 amide bonds. The normalized spacial score (nSPS) is 17.1. The Hall–Kier alpha value is -2.69. The van der Waals surface area contributed by atoms with E-state index in [-0.39, 0.29) is 11.8 Å². The van der Waals surface area contributed by atoms with Crippen molar-refractivity contribution in [2.75, 3.05) is 13.7 Å². The average molecular weight is 498 g/mol. The summed E-state index contributed by atoms with van der Waals surface area (Å²) in [5.41, 5.74) is 4.49. The van der Waals surface area contributed by atoms with Crippen LogP contribution < -0.4 is 27.0 Å². The van der Waals surface area contributed by atoms with Gasteiger partial charge in [0.25, 0.3) is 0 Å². The van der Waals surface area contributed by atoms with Crippen LogP contribution in [0.25, 0.3) is 0 Å². The lowest BCUT2D eigenvalue weighted by Gasteiger charge is -2.29. The Bertz CT molecular complexity index is 751. The highest BCUT2D eigenvalue weighted by Gasteiger charge is 2.44. The van der Waals surface area contributed by atoms with Gasteiger partial charge in [-0.1, -0.05) is 26.7 Å². The quantitative estimate of drug-likeness (QED) is 0.169. The molecule has 200 valence electrons. The van der Waals surface area contributed by atoms with Crippen LogP contribution in [-0.4, -0.2) is 66.9 Å². The number of hydrogen-bond donors (Lipinski definition) is 5. The van der Waals surface area contributed by atoms with E-state index in [2.05, 4.69) is 21.3 Å². The highest BCUT2D eigenvalue weighted by molar-refractivity contribution is 5.95. The van der Waals surface area contributed by atoms with Gasteiger partial charge >= 0.3 is 5.97 Å².